The molecule has 0 bridgehead atoms. The number of hydrogen-bond donors (Lipinski definition) is 4. The average Bonchev–Trinajstić information content (AvgIpc) is 2.80. The van der Waals surface area contributed by atoms with Crippen LogP contribution in [0.1, 0.15) is 36.8 Å². The molecule has 31 heavy (non-hydrogen) atoms. The van der Waals surface area contributed by atoms with Crippen LogP contribution in [0, 0.1) is 0 Å². The molecule has 0 aromatic heterocycles. The largest absolute Gasteiger partial charge is 0.472 e. The third kappa shape index (κ3) is 6.70. The summed E-state index contributed by atoms with van der Waals surface area (Å²) in [6.07, 6.45) is 2.66. The Balaban J connectivity index is 1.60. The molecule has 7 nitrogen and oxygen atoms in total. The van der Waals surface area contributed by atoms with E-state index in [0.717, 1.165) is 12.8 Å². The SMILES string of the molecule is NCCNC[C@@H](N)COP(=O)(O)OC1CCC(c2ccccc2)(c2ccccc2)CC1. The molecule has 1 aliphatic carbocycles. The molecule has 8 heteroatoms. The molecule has 2 aromatic rings. The lowest BCUT2D eigenvalue weighted by molar-refractivity contribution is 0.0680. The van der Waals surface area contributed by atoms with Crippen LogP contribution in [0.5, 0.6) is 0 Å². The van der Waals surface area contributed by atoms with Crippen molar-refractivity contribution in [2.45, 2.75) is 43.2 Å². The van der Waals surface area contributed by atoms with Crippen LogP contribution >= 0.6 is 7.82 Å². The van der Waals surface area contributed by atoms with Gasteiger partial charge in [-0.05, 0) is 36.8 Å². The summed E-state index contributed by atoms with van der Waals surface area (Å²) in [5.74, 6) is 0. The van der Waals surface area contributed by atoms with Gasteiger partial charge in [-0.25, -0.2) is 4.57 Å². The summed E-state index contributed by atoms with van der Waals surface area (Å²) in [5, 5.41) is 3.05. The smallest absolute Gasteiger partial charge is 0.329 e. The fourth-order valence-corrected chi connectivity index (χ4v) is 5.33. The van der Waals surface area contributed by atoms with Gasteiger partial charge in [-0.3, -0.25) is 9.05 Å². The van der Waals surface area contributed by atoms with Crippen molar-refractivity contribution in [3.05, 3.63) is 71.8 Å². The fraction of sp³-hybridized carbons (Fsp3) is 0.478. The van der Waals surface area contributed by atoms with Gasteiger partial charge in [0.1, 0.15) is 0 Å². The van der Waals surface area contributed by atoms with Crippen molar-refractivity contribution >= 4 is 7.82 Å². The van der Waals surface area contributed by atoms with Gasteiger partial charge in [0.2, 0.25) is 0 Å². The van der Waals surface area contributed by atoms with E-state index in [1.54, 1.807) is 0 Å². The van der Waals surface area contributed by atoms with Crippen LogP contribution in [0.3, 0.4) is 0 Å². The van der Waals surface area contributed by atoms with E-state index in [9.17, 15) is 9.46 Å². The van der Waals surface area contributed by atoms with Crippen molar-refractivity contribution in [2.75, 3.05) is 26.2 Å². The van der Waals surface area contributed by atoms with Crippen molar-refractivity contribution < 1.29 is 18.5 Å². The molecule has 0 radical (unpaired) electrons. The first kappa shape index (κ1) is 24.1. The molecule has 2 aromatic carbocycles. The molecule has 0 amide bonds. The number of nitrogens with one attached hydrogen (secondary N) is 1. The Kier molecular flexibility index (Phi) is 8.81. The van der Waals surface area contributed by atoms with Crippen LogP contribution in [0.4, 0.5) is 0 Å². The van der Waals surface area contributed by atoms with Crippen LogP contribution in [-0.4, -0.2) is 43.3 Å². The second kappa shape index (κ2) is 11.3. The number of rotatable bonds is 11. The first-order valence-electron chi connectivity index (χ1n) is 10.9. The summed E-state index contributed by atoms with van der Waals surface area (Å²) < 4.78 is 23.1. The Morgan fingerprint density at radius 2 is 1.61 bits per heavy atom. The zero-order chi connectivity index (χ0) is 22.2. The van der Waals surface area contributed by atoms with Crippen molar-refractivity contribution in [1.82, 2.24) is 5.32 Å². The molecule has 0 saturated heterocycles. The van der Waals surface area contributed by atoms with Gasteiger partial charge in [0.15, 0.2) is 0 Å². The van der Waals surface area contributed by atoms with Gasteiger partial charge < -0.3 is 21.7 Å². The second-order valence-electron chi connectivity index (χ2n) is 8.14. The van der Waals surface area contributed by atoms with E-state index in [-0.39, 0.29) is 18.1 Å². The van der Waals surface area contributed by atoms with E-state index in [1.165, 1.54) is 11.1 Å². The second-order valence-corrected chi connectivity index (χ2v) is 9.54. The lowest BCUT2D eigenvalue weighted by Gasteiger charge is -2.41. The Hall–Kier alpha value is -1.57. The van der Waals surface area contributed by atoms with Gasteiger partial charge in [0.05, 0.1) is 12.7 Å². The van der Waals surface area contributed by atoms with Crippen molar-refractivity contribution in [2.24, 2.45) is 11.5 Å². The molecule has 6 N–H and O–H groups in total. The van der Waals surface area contributed by atoms with Crippen molar-refractivity contribution in [3.8, 4) is 0 Å². The highest BCUT2D eigenvalue weighted by atomic mass is 31.2. The maximum Gasteiger partial charge on any atom is 0.472 e. The van der Waals surface area contributed by atoms with Gasteiger partial charge >= 0.3 is 7.82 Å². The third-order valence-electron chi connectivity index (χ3n) is 5.90. The van der Waals surface area contributed by atoms with Crippen molar-refractivity contribution in [3.63, 3.8) is 0 Å². The average molecular weight is 448 g/mol. The maximum atomic E-state index is 12.4. The molecule has 2 atom stereocenters. The highest BCUT2D eigenvalue weighted by Gasteiger charge is 2.40. The molecular formula is C23H34N3O4P. The van der Waals surface area contributed by atoms with Crippen LogP contribution < -0.4 is 16.8 Å². The van der Waals surface area contributed by atoms with E-state index >= 15 is 0 Å². The molecule has 3 rings (SSSR count). The highest BCUT2D eigenvalue weighted by molar-refractivity contribution is 7.47. The predicted molar refractivity (Wildman–Crippen MR) is 123 cm³/mol. The number of phosphoric acid groups is 1. The summed E-state index contributed by atoms with van der Waals surface area (Å²) in [6, 6.07) is 20.5. The monoisotopic (exact) mass is 447 g/mol. The van der Waals surface area contributed by atoms with E-state index in [2.05, 4.69) is 53.8 Å². The number of benzene rings is 2. The molecule has 1 fully saturated rings. The van der Waals surface area contributed by atoms with Gasteiger partial charge in [-0.15, -0.1) is 0 Å². The Morgan fingerprint density at radius 1 is 1.06 bits per heavy atom. The van der Waals surface area contributed by atoms with E-state index in [4.69, 9.17) is 20.5 Å². The first-order chi connectivity index (χ1) is 15.0. The van der Waals surface area contributed by atoms with E-state index < -0.39 is 13.9 Å². The van der Waals surface area contributed by atoms with Crippen molar-refractivity contribution in [1.29, 1.82) is 0 Å². The number of phosphoric ester groups is 1. The normalized spacial score (nSPS) is 19.6. The standard InChI is InChI=1S/C23H34N3O4P/c24-15-16-26-17-21(25)18-29-31(27,28)30-22-11-13-23(14-12-22,19-7-3-1-4-8-19)20-9-5-2-6-10-20/h1-10,21-22,26H,11-18,24-25H2,(H,27,28)/t21-/m1/s1. The topological polar surface area (TPSA) is 120 Å². The van der Waals surface area contributed by atoms with Crippen LogP contribution in [0.2, 0.25) is 0 Å². The predicted octanol–water partition coefficient (Wildman–Crippen LogP) is 2.92. The Bertz CT molecular complexity index is 788. The summed E-state index contributed by atoms with van der Waals surface area (Å²) in [6.45, 7) is 1.53. The van der Waals surface area contributed by atoms with Crippen LogP contribution in [0.15, 0.2) is 60.7 Å². The van der Waals surface area contributed by atoms with Crippen LogP contribution in [-0.2, 0) is 19.0 Å². The number of hydrogen-bond acceptors (Lipinski definition) is 6. The Morgan fingerprint density at radius 3 is 2.13 bits per heavy atom. The van der Waals surface area contributed by atoms with Crippen LogP contribution in [0.25, 0.3) is 0 Å². The third-order valence-corrected chi connectivity index (χ3v) is 6.94. The summed E-state index contributed by atoms with van der Waals surface area (Å²) >= 11 is 0. The van der Waals surface area contributed by atoms with E-state index in [0.29, 0.717) is 32.5 Å². The molecule has 1 saturated carbocycles. The fourth-order valence-electron chi connectivity index (χ4n) is 4.31. The quantitative estimate of drug-likeness (QED) is 0.309. The molecule has 1 unspecified atom stereocenters. The minimum absolute atomic E-state index is 0.0595. The van der Waals surface area contributed by atoms with Gasteiger partial charge in [-0.1, -0.05) is 60.7 Å². The zero-order valence-corrected chi connectivity index (χ0v) is 18.8. The zero-order valence-electron chi connectivity index (χ0n) is 17.9. The Labute approximate surface area is 184 Å². The molecule has 0 heterocycles. The maximum absolute atomic E-state index is 12.4. The lowest BCUT2D eigenvalue weighted by Crippen LogP contribution is -2.39. The summed E-state index contributed by atoms with van der Waals surface area (Å²) in [5.41, 5.74) is 13.7. The minimum atomic E-state index is -4.17. The van der Waals surface area contributed by atoms with Gasteiger partial charge in [0.25, 0.3) is 0 Å². The lowest BCUT2D eigenvalue weighted by atomic mass is 9.65. The molecule has 0 spiro atoms. The van der Waals surface area contributed by atoms with Gasteiger partial charge in [-0.2, -0.15) is 0 Å². The highest BCUT2D eigenvalue weighted by Crippen LogP contribution is 2.51. The number of nitrogens with two attached hydrogens (primary N) is 2. The summed E-state index contributed by atoms with van der Waals surface area (Å²) in [7, 11) is -4.17. The van der Waals surface area contributed by atoms with E-state index in [1.807, 2.05) is 12.1 Å². The molecule has 170 valence electrons. The molecule has 0 aliphatic heterocycles. The molecular weight excluding hydrogens is 413 g/mol. The van der Waals surface area contributed by atoms with Gasteiger partial charge in [0, 0.05) is 31.1 Å². The minimum Gasteiger partial charge on any atom is -0.329 e. The first-order valence-corrected chi connectivity index (χ1v) is 12.4. The summed E-state index contributed by atoms with van der Waals surface area (Å²) in [4.78, 5) is 10.2. The molecule has 1 aliphatic rings.